The Bertz CT molecular complexity index is 609. The van der Waals surface area contributed by atoms with Crippen molar-refractivity contribution < 1.29 is 14.3 Å². The molecule has 0 saturated carbocycles. The van der Waals surface area contributed by atoms with Crippen LogP contribution >= 0.6 is 0 Å². The second-order valence-corrected chi connectivity index (χ2v) is 4.39. The number of hydrogen-bond acceptors (Lipinski definition) is 4. The molecule has 5 heteroatoms. The number of benzene rings is 1. The first kappa shape index (κ1) is 14.7. The third-order valence-electron chi connectivity index (χ3n) is 2.80. The highest BCUT2D eigenvalue weighted by Crippen LogP contribution is 2.17. The number of aromatic nitrogens is 1. The highest BCUT2D eigenvalue weighted by molar-refractivity contribution is 5.92. The van der Waals surface area contributed by atoms with Crippen LogP contribution in [0.5, 0.6) is 0 Å². The lowest BCUT2D eigenvalue weighted by Crippen LogP contribution is -2.28. The number of amides is 1. The first-order chi connectivity index (χ1) is 10.2. The highest BCUT2D eigenvalue weighted by atomic mass is 16.5. The van der Waals surface area contributed by atoms with Gasteiger partial charge in [-0.05, 0) is 11.6 Å². The van der Waals surface area contributed by atoms with Gasteiger partial charge < -0.3 is 10.1 Å². The molecule has 1 N–H and O–H groups in total. The molecule has 0 saturated heterocycles. The predicted octanol–water partition coefficient (Wildman–Crippen LogP) is 2.04. The van der Waals surface area contributed by atoms with E-state index in [1.54, 1.807) is 12.3 Å². The average molecular weight is 284 g/mol. The van der Waals surface area contributed by atoms with Crippen LogP contribution in [-0.2, 0) is 9.53 Å². The van der Waals surface area contributed by atoms with E-state index < -0.39 is 0 Å². The van der Waals surface area contributed by atoms with E-state index in [1.807, 2.05) is 36.4 Å². The summed E-state index contributed by atoms with van der Waals surface area (Å²) in [6, 6.07) is 13.3. The van der Waals surface area contributed by atoms with Crippen molar-refractivity contribution in [3.05, 3.63) is 54.4 Å². The van der Waals surface area contributed by atoms with Crippen molar-refractivity contribution in [2.24, 2.45) is 0 Å². The molecule has 0 spiro atoms. The fraction of sp³-hybridized carbons (Fsp3) is 0.188. The van der Waals surface area contributed by atoms with Crippen LogP contribution in [0.15, 0.2) is 48.7 Å². The third-order valence-corrected chi connectivity index (χ3v) is 2.80. The summed E-state index contributed by atoms with van der Waals surface area (Å²) in [5, 5.41) is 2.63. The zero-order valence-corrected chi connectivity index (χ0v) is 11.7. The van der Waals surface area contributed by atoms with Crippen LogP contribution in [0.25, 0.3) is 11.1 Å². The summed E-state index contributed by atoms with van der Waals surface area (Å²) in [7, 11) is 0. The van der Waals surface area contributed by atoms with Gasteiger partial charge in [0.05, 0.1) is 6.54 Å². The number of carbonyl (C=O) groups excluding carboxylic acids is 2. The molecule has 0 aliphatic rings. The largest absolute Gasteiger partial charge is 0.464 e. The fourth-order valence-electron chi connectivity index (χ4n) is 1.78. The van der Waals surface area contributed by atoms with Crippen molar-refractivity contribution in [2.45, 2.75) is 6.92 Å². The molecule has 1 aromatic heterocycles. The molecule has 0 atom stereocenters. The van der Waals surface area contributed by atoms with Gasteiger partial charge >= 0.3 is 5.97 Å². The summed E-state index contributed by atoms with van der Waals surface area (Å²) in [6.45, 7) is 1.75. The van der Waals surface area contributed by atoms with Gasteiger partial charge in [-0.25, -0.2) is 0 Å². The molecule has 0 unspecified atom stereocenters. The van der Waals surface area contributed by atoms with Gasteiger partial charge in [-0.1, -0.05) is 36.4 Å². The van der Waals surface area contributed by atoms with Crippen LogP contribution in [-0.4, -0.2) is 30.0 Å². The minimum atomic E-state index is -0.366. The number of pyridine rings is 1. The molecular formula is C16H16N2O3. The van der Waals surface area contributed by atoms with Gasteiger partial charge in [-0.15, -0.1) is 0 Å². The van der Waals surface area contributed by atoms with Crippen molar-refractivity contribution in [2.75, 3.05) is 13.2 Å². The van der Waals surface area contributed by atoms with Gasteiger partial charge in [-0.3, -0.25) is 14.6 Å². The van der Waals surface area contributed by atoms with Crippen LogP contribution in [0.2, 0.25) is 0 Å². The van der Waals surface area contributed by atoms with E-state index in [0.29, 0.717) is 5.69 Å². The Morgan fingerprint density at radius 3 is 2.48 bits per heavy atom. The number of carbonyl (C=O) groups is 2. The van der Waals surface area contributed by atoms with Gasteiger partial charge in [0.1, 0.15) is 12.3 Å². The Labute approximate surface area is 123 Å². The summed E-state index contributed by atoms with van der Waals surface area (Å²) >= 11 is 0. The van der Waals surface area contributed by atoms with Gasteiger partial charge in [0.25, 0.3) is 5.91 Å². The number of hydrogen-bond donors (Lipinski definition) is 1. The minimum Gasteiger partial charge on any atom is -0.464 e. The normalized spacial score (nSPS) is 9.95. The molecule has 2 rings (SSSR count). The summed E-state index contributed by atoms with van der Waals surface area (Å²) in [5.41, 5.74) is 2.33. The fourth-order valence-corrected chi connectivity index (χ4v) is 1.78. The van der Waals surface area contributed by atoms with Crippen molar-refractivity contribution in [3.63, 3.8) is 0 Å². The number of nitrogens with one attached hydrogen (secondary N) is 1. The molecule has 5 nitrogen and oxygen atoms in total. The zero-order valence-electron chi connectivity index (χ0n) is 11.7. The van der Waals surface area contributed by atoms with Gasteiger partial charge in [0, 0.05) is 18.7 Å². The van der Waals surface area contributed by atoms with Crippen LogP contribution in [0.1, 0.15) is 17.4 Å². The van der Waals surface area contributed by atoms with Crippen LogP contribution in [0.4, 0.5) is 0 Å². The second kappa shape index (κ2) is 7.19. The molecule has 1 aromatic carbocycles. The SMILES string of the molecule is CC(=O)OCCNC(=O)c1ccc(-c2ccccc2)cn1. The summed E-state index contributed by atoms with van der Waals surface area (Å²) in [5.74, 6) is -0.656. The molecule has 21 heavy (non-hydrogen) atoms. The molecule has 2 aromatic rings. The quantitative estimate of drug-likeness (QED) is 0.674. The maximum Gasteiger partial charge on any atom is 0.302 e. The standard InChI is InChI=1S/C16H16N2O3/c1-12(19)21-10-9-17-16(20)15-8-7-14(11-18-15)13-5-3-2-4-6-13/h2-8,11H,9-10H2,1H3,(H,17,20). The van der Waals surface area contributed by atoms with Gasteiger partial charge in [0.15, 0.2) is 0 Å². The van der Waals surface area contributed by atoms with Gasteiger partial charge in [0.2, 0.25) is 0 Å². The zero-order chi connectivity index (χ0) is 15.1. The monoisotopic (exact) mass is 284 g/mol. The molecular weight excluding hydrogens is 268 g/mol. The second-order valence-electron chi connectivity index (χ2n) is 4.39. The first-order valence-electron chi connectivity index (χ1n) is 6.60. The third kappa shape index (κ3) is 4.42. The minimum absolute atomic E-state index is 0.156. The van der Waals surface area contributed by atoms with E-state index in [2.05, 4.69) is 10.3 Å². The smallest absolute Gasteiger partial charge is 0.302 e. The Morgan fingerprint density at radius 1 is 1.10 bits per heavy atom. The maximum atomic E-state index is 11.8. The topological polar surface area (TPSA) is 68.3 Å². The molecule has 0 radical (unpaired) electrons. The van der Waals surface area contributed by atoms with Crippen molar-refractivity contribution >= 4 is 11.9 Å². The molecule has 1 amide bonds. The number of rotatable bonds is 5. The summed E-state index contributed by atoms with van der Waals surface area (Å²) in [4.78, 5) is 26.6. The van der Waals surface area contributed by atoms with E-state index in [-0.39, 0.29) is 25.0 Å². The lowest BCUT2D eigenvalue weighted by Gasteiger charge is -2.06. The highest BCUT2D eigenvalue weighted by Gasteiger charge is 2.07. The molecule has 1 heterocycles. The molecule has 0 bridgehead atoms. The van der Waals surface area contributed by atoms with E-state index in [4.69, 9.17) is 4.74 Å². The summed E-state index contributed by atoms with van der Waals surface area (Å²) < 4.78 is 4.73. The number of nitrogens with zero attached hydrogens (tertiary/aromatic N) is 1. The predicted molar refractivity (Wildman–Crippen MR) is 78.6 cm³/mol. The Kier molecular flexibility index (Phi) is 5.04. The molecule has 0 fully saturated rings. The average Bonchev–Trinajstić information content (AvgIpc) is 2.52. The van der Waals surface area contributed by atoms with Crippen molar-refractivity contribution in [1.82, 2.24) is 10.3 Å². The first-order valence-corrected chi connectivity index (χ1v) is 6.60. The lowest BCUT2D eigenvalue weighted by molar-refractivity contribution is -0.140. The van der Waals surface area contributed by atoms with Crippen LogP contribution in [0.3, 0.4) is 0 Å². The molecule has 108 valence electrons. The van der Waals surface area contributed by atoms with Gasteiger partial charge in [-0.2, -0.15) is 0 Å². The van der Waals surface area contributed by atoms with Crippen LogP contribution in [0, 0.1) is 0 Å². The Balaban J connectivity index is 1.93. The molecule has 0 aliphatic heterocycles. The van der Waals surface area contributed by atoms with Crippen molar-refractivity contribution in [3.8, 4) is 11.1 Å². The maximum absolute atomic E-state index is 11.8. The van der Waals surface area contributed by atoms with E-state index in [0.717, 1.165) is 11.1 Å². The Hall–Kier alpha value is -2.69. The number of ether oxygens (including phenoxy) is 1. The van der Waals surface area contributed by atoms with E-state index in [1.165, 1.54) is 6.92 Å². The van der Waals surface area contributed by atoms with E-state index >= 15 is 0 Å². The molecule has 0 aliphatic carbocycles. The Morgan fingerprint density at radius 2 is 1.86 bits per heavy atom. The summed E-state index contributed by atoms with van der Waals surface area (Å²) in [6.07, 6.45) is 1.66. The number of esters is 1. The van der Waals surface area contributed by atoms with Crippen LogP contribution < -0.4 is 5.32 Å². The van der Waals surface area contributed by atoms with E-state index in [9.17, 15) is 9.59 Å². The lowest BCUT2D eigenvalue weighted by atomic mass is 10.1. The van der Waals surface area contributed by atoms with Crippen molar-refractivity contribution in [1.29, 1.82) is 0 Å².